The number of hydrogen-bond donors (Lipinski definition) is 2. The van der Waals surface area contributed by atoms with Crippen LogP contribution in [0.3, 0.4) is 0 Å². The number of fused-ring (bicyclic) bond motifs is 1. The second-order valence-electron chi connectivity index (χ2n) is 7.77. The summed E-state index contributed by atoms with van der Waals surface area (Å²) in [5.74, 6) is -2.41. The van der Waals surface area contributed by atoms with Crippen molar-refractivity contribution in [3.05, 3.63) is 15.9 Å². The van der Waals surface area contributed by atoms with Crippen molar-refractivity contribution >= 4 is 45.5 Å². The molecule has 13 nitrogen and oxygen atoms in total. The Morgan fingerprint density at radius 2 is 1.88 bits per heavy atom. The van der Waals surface area contributed by atoms with E-state index in [0.29, 0.717) is 4.70 Å². The van der Waals surface area contributed by atoms with Crippen LogP contribution in [-0.2, 0) is 33.3 Å². The molecule has 0 radical (unpaired) electrons. The van der Waals surface area contributed by atoms with Crippen molar-refractivity contribution in [1.29, 1.82) is 0 Å². The van der Waals surface area contributed by atoms with Crippen LogP contribution in [0.2, 0.25) is 0 Å². The molecule has 0 amide bonds. The van der Waals surface area contributed by atoms with E-state index in [-0.39, 0.29) is 36.5 Å². The molecule has 188 valence electrons. The standard InChI is InChI=1S/C19H25N5O8S.ClH/c1-7(2)12(20)17(27)32-14-13(30-9(4)26)10(6-29-8(3)25)31-16(14)24-15-11(33-19(24)28)5-22-18(21)23-15;/h5,7,10,12-14,16H,6,20H2,1-4H3,(H2,21,22,23);1H/p-1/t10-,12+,13+,14-,16-;/m1./s1. The molecule has 0 unspecified atom stereocenters. The van der Waals surface area contributed by atoms with Crippen LogP contribution < -0.4 is 28.7 Å². The molecule has 15 heteroatoms. The minimum atomic E-state index is -1.29. The molecule has 1 saturated heterocycles. The first-order valence-electron chi connectivity index (χ1n) is 10.0. The van der Waals surface area contributed by atoms with Crippen molar-refractivity contribution in [2.45, 2.75) is 58.3 Å². The van der Waals surface area contributed by atoms with Crippen LogP contribution in [0, 0.1) is 5.92 Å². The van der Waals surface area contributed by atoms with Gasteiger partial charge in [0.25, 0.3) is 0 Å². The zero-order chi connectivity index (χ0) is 24.4. The number of carbonyl (C=O) groups is 3. The summed E-state index contributed by atoms with van der Waals surface area (Å²) in [6, 6.07) is -0.981. The van der Waals surface area contributed by atoms with Crippen LogP contribution in [-0.4, -0.2) is 63.4 Å². The molecule has 1 aliphatic heterocycles. The van der Waals surface area contributed by atoms with Gasteiger partial charge in [0.1, 0.15) is 18.8 Å². The van der Waals surface area contributed by atoms with E-state index in [4.69, 9.17) is 30.4 Å². The van der Waals surface area contributed by atoms with Crippen LogP contribution in [0.1, 0.15) is 33.9 Å². The molecule has 34 heavy (non-hydrogen) atoms. The van der Waals surface area contributed by atoms with Gasteiger partial charge in [-0.3, -0.25) is 23.7 Å². The van der Waals surface area contributed by atoms with E-state index in [0.717, 1.165) is 22.8 Å². The fourth-order valence-electron chi connectivity index (χ4n) is 3.27. The molecule has 0 aliphatic carbocycles. The van der Waals surface area contributed by atoms with Gasteiger partial charge in [0.15, 0.2) is 24.1 Å². The number of carbonyl (C=O) groups excluding carboxylic acids is 3. The van der Waals surface area contributed by atoms with Gasteiger partial charge in [0.2, 0.25) is 5.95 Å². The third-order valence-electron chi connectivity index (χ3n) is 4.91. The van der Waals surface area contributed by atoms with Gasteiger partial charge in [0, 0.05) is 13.8 Å². The Morgan fingerprint density at radius 1 is 1.21 bits per heavy atom. The molecule has 4 N–H and O–H groups in total. The average molecular weight is 519 g/mol. The second-order valence-corrected chi connectivity index (χ2v) is 8.76. The average Bonchev–Trinajstić information content (AvgIpc) is 3.21. The fraction of sp³-hybridized carbons (Fsp3) is 0.579. The number of nitrogens with zero attached hydrogens (tertiary/aromatic N) is 3. The van der Waals surface area contributed by atoms with E-state index in [1.165, 1.54) is 13.1 Å². The maximum absolute atomic E-state index is 12.8. The maximum atomic E-state index is 12.8. The summed E-state index contributed by atoms with van der Waals surface area (Å²) in [4.78, 5) is 56.2. The van der Waals surface area contributed by atoms with Gasteiger partial charge in [-0.1, -0.05) is 25.2 Å². The van der Waals surface area contributed by atoms with Crippen molar-refractivity contribution in [3.8, 4) is 0 Å². The highest BCUT2D eigenvalue weighted by atomic mass is 35.5. The molecule has 0 saturated carbocycles. The summed E-state index contributed by atoms with van der Waals surface area (Å²) in [6.45, 7) is 5.51. The summed E-state index contributed by atoms with van der Waals surface area (Å²) in [7, 11) is 0. The molecular formula is C19H25ClN5O8S-. The molecule has 2 aromatic rings. The lowest BCUT2D eigenvalue weighted by atomic mass is 10.1. The summed E-state index contributed by atoms with van der Waals surface area (Å²) in [6.07, 6.45) is -3.43. The van der Waals surface area contributed by atoms with Crippen molar-refractivity contribution in [3.63, 3.8) is 0 Å². The molecule has 2 aromatic heterocycles. The number of nitrogens with two attached hydrogens (primary N) is 2. The molecule has 5 atom stereocenters. The smallest absolute Gasteiger partial charge is 0.323 e. The number of aromatic nitrogens is 3. The van der Waals surface area contributed by atoms with E-state index in [1.807, 2.05) is 0 Å². The van der Waals surface area contributed by atoms with E-state index >= 15 is 0 Å². The van der Waals surface area contributed by atoms with Gasteiger partial charge in [0.05, 0.1) is 10.9 Å². The Morgan fingerprint density at radius 3 is 2.47 bits per heavy atom. The predicted molar refractivity (Wildman–Crippen MR) is 115 cm³/mol. The zero-order valence-electron chi connectivity index (χ0n) is 18.8. The van der Waals surface area contributed by atoms with Gasteiger partial charge in [-0.2, -0.15) is 4.98 Å². The first-order valence-corrected chi connectivity index (χ1v) is 10.9. The fourth-order valence-corrected chi connectivity index (χ4v) is 4.09. The van der Waals surface area contributed by atoms with Crippen molar-refractivity contribution in [2.75, 3.05) is 12.3 Å². The van der Waals surface area contributed by atoms with Crippen LogP contribution >= 0.6 is 11.3 Å². The van der Waals surface area contributed by atoms with Crippen molar-refractivity contribution < 1.29 is 45.7 Å². The van der Waals surface area contributed by atoms with Gasteiger partial charge in [-0.05, 0) is 5.92 Å². The predicted octanol–water partition coefficient (Wildman–Crippen LogP) is -3.27. The molecule has 1 fully saturated rings. The summed E-state index contributed by atoms with van der Waals surface area (Å²) < 4.78 is 23.5. The lowest BCUT2D eigenvalue weighted by Crippen LogP contribution is -3.00. The van der Waals surface area contributed by atoms with E-state index < -0.39 is 53.4 Å². The highest BCUT2D eigenvalue weighted by molar-refractivity contribution is 7.16. The van der Waals surface area contributed by atoms with Gasteiger partial charge < -0.3 is 42.8 Å². The van der Waals surface area contributed by atoms with Crippen molar-refractivity contribution in [2.24, 2.45) is 11.7 Å². The Kier molecular flexibility index (Phi) is 8.94. The second kappa shape index (κ2) is 11.1. The minimum Gasteiger partial charge on any atom is -1.00 e. The van der Waals surface area contributed by atoms with Crippen LogP contribution in [0.15, 0.2) is 11.0 Å². The highest BCUT2D eigenvalue weighted by Gasteiger charge is 2.52. The van der Waals surface area contributed by atoms with E-state index in [9.17, 15) is 19.2 Å². The number of halogens is 1. The third kappa shape index (κ3) is 5.81. The number of anilines is 1. The first-order chi connectivity index (χ1) is 15.5. The Bertz CT molecular complexity index is 1120. The zero-order valence-corrected chi connectivity index (χ0v) is 20.4. The molecule has 0 bridgehead atoms. The van der Waals surface area contributed by atoms with Crippen LogP contribution in [0.25, 0.3) is 10.3 Å². The lowest BCUT2D eigenvalue weighted by molar-refractivity contribution is -0.169. The Balaban J connectivity index is 0.00000408. The SMILES string of the molecule is CC(=O)OC[C@H]1O[C@@H](n2c(=O)sc3cnc(N)nc32)[C@H](OC(=O)[C@@H](N)C(C)C)[C@H]1OC(C)=O.[Cl-]. The van der Waals surface area contributed by atoms with Crippen molar-refractivity contribution in [1.82, 2.24) is 14.5 Å². The third-order valence-corrected chi connectivity index (χ3v) is 5.79. The minimum absolute atomic E-state index is 0. The number of thiazole rings is 1. The van der Waals surface area contributed by atoms with E-state index in [1.54, 1.807) is 13.8 Å². The first kappa shape index (κ1) is 27.4. The maximum Gasteiger partial charge on any atom is 0.323 e. The van der Waals surface area contributed by atoms with Gasteiger partial charge in [-0.15, -0.1) is 0 Å². The normalized spacial score (nSPS) is 22.8. The molecule has 3 rings (SSSR count). The molecular weight excluding hydrogens is 494 g/mol. The molecule has 3 heterocycles. The van der Waals surface area contributed by atoms with E-state index in [2.05, 4.69) is 9.97 Å². The number of rotatable bonds is 7. The summed E-state index contributed by atoms with van der Waals surface area (Å²) in [5, 5.41) is 0. The molecule has 0 aromatic carbocycles. The van der Waals surface area contributed by atoms with Gasteiger partial charge in [-0.25, -0.2) is 4.98 Å². The quantitative estimate of drug-likeness (QED) is 0.275. The largest absolute Gasteiger partial charge is 1.00 e. The molecule has 1 aliphatic rings. The topological polar surface area (TPSA) is 188 Å². The van der Waals surface area contributed by atoms with Gasteiger partial charge >= 0.3 is 22.8 Å². The van der Waals surface area contributed by atoms with Crippen LogP contribution in [0.5, 0.6) is 0 Å². The Hall–Kier alpha value is -2.81. The number of hydrogen-bond acceptors (Lipinski definition) is 13. The summed E-state index contributed by atoms with van der Waals surface area (Å²) in [5.41, 5.74) is 11.8. The number of ether oxygens (including phenoxy) is 4. The Labute approximate surface area is 204 Å². The number of esters is 3. The summed E-state index contributed by atoms with van der Waals surface area (Å²) >= 11 is 0.830. The molecule has 0 spiro atoms. The lowest BCUT2D eigenvalue weighted by Gasteiger charge is -2.26. The highest BCUT2D eigenvalue weighted by Crippen LogP contribution is 2.36. The van der Waals surface area contributed by atoms with Crippen LogP contribution in [0.4, 0.5) is 5.95 Å². The monoisotopic (exact) mass is 518 g/mol. The number of nitrogen functional groups attached to an aromatic ring is 1.